The van der Waals surface area contributed by atoms with Crippen molar-refractivity contribution in [2.75, 3.05) is 31.6 Å². The third kappa shape index (κ3) is 3.81. The number of rotatable bonds is 4. The Hall–Kier alpha value is -2.10. The average molecular weight is 469 g/mol. The zero-order valence-electron chi connectivity index (χ0n) is 15.9. The molecule has 7 nitrogen and oxygen atoms in total. The second-order valence-corrected chi connectivity index (χ2v) is 9.51. The lowest BCUT2D eigenvalue weighted by Gasteiger charge is -2.26. The predicted octanol–water partition coefficient (Wildman–Crippen LogP) is 4.32. The van der Waals surface area contributed by atoms with E-state index in [1.54, 1.807) is 19.1 Å². The summed E-state index contributed by atoms with van der Waals surface area (Å²) < 4.78 is 38.1. The molecule has 0 unspecified atom stereocenters. The summed E-state index contributed by atoms with van der Waals surface area (Å²) in [6.07, 6.45) is 0. The van der Waals surface area contributed by atoms with Gasteiger partial charge in [-0.15, -0.1) is 0 Å². The number of sulfonamides is 1. The van der Waals surface area contributed by atoms with Gasteiger partial charge in [-0.1, -0.05) is 35.3 Å². The standard InChI is InChI=1S/C20H18Cl2N2O5S/c1-12-14-3-2-4-16(22)19(14)29-18(12)20(25)23-13-5-6-15(21)17(11-13)30(26,27)24-7-9-28-10-8-24/h2-6,11H,7-10H2,1H3,(H,23,25). The van der Waals surface area contributed by atoms with Gasteiger partial charge in [0.05, 0.1) is 23.3 Å². The number of benzene rings is 2. The number of hydrogen-bond acceptors (Lipinski definition) is 5. The molecule has 0 bridgehead atoms. The summed E-state index contributed by atoms with van der Waals surface area (Å²) in [6, 6.07) is 9.58. The zero-order valence-corrected chi connectivity index (χ0v) is 18.3. The molecule has 3 aromatic rings. The molecule has 2 heterocycles. The Kier molecular flexibility index (Phi) is 5.78. The maximum absolute atomic E-state index is 13.0. The number of nitrogens with one attached hydrogen (secondary N) is 1. The summed E-state index contributed by atoms with van der Waals surface area (Å²) in [5.41, 5.74) is 1.34. The minimum atomic E-state index is -3.82. The highest BCUT2D eigenvalue weighted by atomic mass is 35.5. The van der Waals surface area contributed by atoms with E-state index in [1.807, 2.05) is 6.07 Å². The summed E-state index contributed by atoms with van der Waals surface area (Å²) in [6.45, 7) is 2.89. The highest BCUT2D eigenvalue weighted by Gasteiger charge is 2.29. The molecular formula is C20H18Cl2N2O5S. The van der Waals surface area contributed by atoms with Crippen molar-refractivity contribution in [3.8, 4) is 0 Å². The van der Waals surface area contributed by atoms with Crippen LogP contribution >= 0.6 is 23.2 Å². The number of carbonyl (C=O) groups is 1. The van der Waals surface area contributed by atoms with Crippen LogP contribution in [0.3, 0.4) is 0 Å². The topological polar surface area (TPSA) is 88.9 Å². The molecule has 1 fully saturated rings. The Balaban J connectivity index is 1.64. The van der Waals surface area contributed by atoms with Gasteiger partial charge in [-0.05, 0) is 31.2 Å². The van der Waals surface area contributed by atoms with Crippen molar-refractivity contribution in [2.24, 2.45) is 0 Å². The predicted molar refractivity (Wildman–Crippen MR) is 115 cm³/mol. The lowest BCUT2D eigenvalue weighted by molar-refractivity contribution is 0.0730. The van der Waals surface area contributed by atoms with Crippen molar-refractivity contribution < 1.29 is 22.4 Å². The van der Waals surface area contributed by atoms with E-state index in [0.29, 0.717) is 29.4 Å². The van der Waals surface area contributed by atoms with E-state index < -0.39 is 15.9 Å². The molecule has 1 saturated heterocycles. The number of ether oxygens (including phenoxy) is 1. The highest BCUT2D eigenvalue weighted by Crippen LogP contribution is 2.32. The van der Waals surface area contributed by atoms with E-state index in [2.05, 4.69) is 5.32 Å². The van der Waals surface area contributed by atoms with Crippen molar-refractivity contribution in [1.29, 1.82) is 0 Å². The molecule has 2 aromatic carbocycles. The van der Waals surface area contributed by atoms with Crippen molar-refractivity contribution in [2.45, 2.75) is 11.8 Å². The summed E-state index contributed by atoms with van der Waals surface area (Å²) in [7, 11) is -3.82. The normalized spacial score (nSPS) is 15.4. The van der Waals surface area contributed by atoms with Crippen molar-refractivity contribution in [3.63, 3.8) is 0 Å². The molecule has 30 heavy (non-hydrogen) atoms. The fourth-order valence-corrected chi connectivity index (χ4v) is 5.44. The molecule has 158 valence electrons. The van der Waals surface area contributed by atoms with Crippen molar-refractivity contribution in [3.05, 3.63) is 57.8 Å². The molecule has 1 aliphatic rings. The summed E-state index contributed by atoms with van der Waals surface area (Å²) in [5, 5.41) is 3.89. The summed E-state index contributed by atoms with van der Waals surface area (Å²) >= 11 is 12.3. The van der Waals surface area contributed by atoms with Crippen LogP contribution in [0.4, 0.5) is 5.69 Å². The molecule has 0 aliphatic carbocycles. The Morgan fingerprint density at radius 3 is 2.53 bits per heavy atom. The number of carbonyl (C=O) groups excluding carboxylic acids is 1. The van der Waals surface area contributed by atoms with Crippen molar-refractivity contribution in [1.82, 2.24) is 4.31 Å². The fourth-order valence-electron chi connectivity index (χ4n) is 3.32. The average Bonchev–Trinajstić information content (AvgIpc) is 3.08. The number of anilines is 1. The number of morpholine rings is 1. The lowest BCUT2D eigenvalue weighted by atomic mass is 10.1. The number of hydrogen-bond donors (Lipinski definition) is 1. The smallest absolute Gasteiger partial charge is 0.291 e. The first-order valence-electron chi connectivity index (χ1n) is 9.15. The highest BCUT2D eigenvalue weighted by molar-refractivity contribution is 7.89. The lowest BCUT2D eigenvalue weighted by Crippen LogP contribution is -2.40. The number of aryl methyl sites for hydroxylation is 1. The molecule has 10 heteroatoms. The van der Waals surface area contributed by atoms with E-state index in [1.165, 1.54) is 22.5 Å². The maximum Gasteiger partial charge on any atom is 0.291 e. The van der Waals surface area contributed by atoms with Crippen LogP contribution in [-0.2, 0) is 14.8 Å². The second-order valence-electron chi connectivity index (χ2n) is 6.79. The van der Waals surface area contributed by atoms with E-state index in [0.717, 1.165) is 5.39 Å². The molecule has 0 saturated carbocycles. The Bertz CT molecular complexity index is 1230. The Labute approximate surface area is 183 Å². The van der Waals surface area contributed by atoms with Crippen LogP contribution in [-0.4, -0.2) is 44.9 Å². The third-order valence-corrected chi connectivity index (χ3v) is 7.58. The van der Waals surface area contributed by atoms with Gasteiger partial charge in [-0.3, -0.25) is 4.79 Å². The SMILES string of the molecule is Cc1c(C(=O)Nc2ccc(Cl)c(S(=O)(=O)N3CCOCC3)c2)oc2c(Cl)cccc12. The van der Waals surface area contributed by atoms with Gasteiger partial charge >= 0.3 is 0 Å². The van der Waals surface area contributed by atoms with Crippen LogP contribution in [0.2, 0.25) is 10.0 Å². The van der Waals surface area contributed by atoms with E-state index in [4.69, 9.17) is 32.4 Å². The molecule has 1 N–H and O–H groups in total. The van der Waals surface area contributed by atoms with E-state index in [-0.39, 0.29) is 34.5 Å². The molecular weight excluding hydrogens is 451 g/mol. The first kappa shape index (κ1) is 21.1. The second kappa shape index (κ2) is 8.20. The first-order valence-corrected chi connectivity index (χ1v) is 11.3. The minimum absolute atomic E-state index is 0.0752. The third-order valence-electron chi connectivity index (χ3n) is 4.90. The monoisotopic (exact) mass is 468 g/mol. The molecule has 1 aromatic heterocycles. The summed E-state index contributed by atoms with van der Waals surface area (Å²) in [5.74, 6) is -0.414. The molecule has 0 radical (unpaired) electrons. The fraction of sp³-hybridized carbons (Fsp3) is 0.250. The van der Waals surface area contributed by atoms with Gasteiger partial charge in [0.15, 0.2) is 11.3 Å². The first-order chi connectivity index (χ1) is 14.3. The number of nitrogens with zero attached hydrogens (tertiary/aromatic N) is 1. The number of para-hydroxylation sites is 1. The van der Waals surface area contributed by atoms with Crippen LogP contribution in [0.1, 0.15) is 16.1 Å². The minimum Gasteiger partial charge on any atom is -0.449 e. The molecule has 4 rings (SSSR count). The van der Waals surface area contributed by atoms with Crippen LogP contribution in [0.5, 0.6) is 0 Å². The summed E-state index contributed by atoms with van der Waals surface area (Å²) in [4.78, 5) is 12.7. The van der Waals surface area contributed by atoms with Gasteiger partial charge in [-0.2, -0.15) is 4.31 Å². The van der Waals surface area contributed by atoms with Gasteiger partial charge in [0.2, 0.25) is 10.0 Å². The van der Waals surface area contributed by atoms with Gasteiger partial charge in [0, 0.05) is 29.7 Å². The number of fused-ring (bicyclic) bond motifs is 1. The van der Waals surface area contributed by atoms with Crippen LogP contribution < -0.4 is 5.32 Å². The number of furan rings is 1. The largest absolute Gasteiger partial charge is 0.449 e. The quantitative estimate of drug-likeness (QED) is 0.615. The molecule has 0 spiro atoms. The van der Waals surface area contributed by atoms with Gasteiger partial charge < -0.3 is 14.5 Å². The number of amides is 1. The zero-order chi connectivity index (χ0) is 21.5. The Morgan fingerprint density at radius 1 is 1.10 bits per heavy atom. The Morgan fingerprint density at radius 2 is 1.83 bits per heavy atom. The van der Waals surface area contributed by atoms with Crippen LogP contribution in [0, 0.1) is 6.92 Å². The van der Waals surface area contributed by atoms with Crippen LogP contribution in [0.15, 0.2) is 45.7 Å². The van der Waals surface area contributed by atoms with Crippen molar-refractivity contribution >= 4 is 55.8 Å². The van der Waals surface area contributed by atoms with Gasteiger partial charge in [0.1, 0.15) is 4.90 Å². The maximum atomic E-state index is 13.0. The van der Waals surface area contributed by atoms with Gasteiger partial charge in [0.25, 0.3) is 5.91 Å². The van der Waals surface area contributed by atoms with Gasteiger partial charge in [-0.25, -0.2) is 8.42 Å². The molecule has 0 atom stereocenters. The van der Waals surface area contributed by atoms with Crippen LogP contribution in [0.25, 0.3) is 11.0 Å². The number of halogens is 2. The van der Waals surface area contributed by atoms with E-state index in [9.17, 15) is 13.2 Å². The molecule has 1 amide bonds. The van der Waals surface area contributed by atoms with E-state index >= 15 is 0 Å². The molecule has 1 aliphatic heterocycles.